The molecule has 0 aromatic heterocycles. The topological polar surface area (TPSA) is 32.3 Å². The highest BCUT2D eigenvalue weighted by Crippen LogP contribution is 2.54. The molecule has 0 aromatic rings. The minimum Gasteiger partial charge on any atom is -0.365 e. The molecular weight excluding hydrogens is 280 g/mol. The van der Waals surface area contributed by atoms with Crippen LogP contribution < -0.4 is 5.32 Å². The third-order valence-corrected chi connectivity index (χ3v) is 6.11. The van der Waals surface area contributed by atoms with Crippen molar-refractivity contribution in [2.75, 3.05) is 0 Å². The standard InChI is InChI=1S/C17H32N2OS/c1-11(2)12(21)18-17(10)13(20)19(14(3,4)5)16(8,9)15(17,6)7/h11H,1-10H3,(H,18,21). The Hall–Kier alpha value is -0.640. The van der Waals surface area contributed by atoms with Crippen LogP contribution in [0, 0.1) is 11.3 Å². The normalized spacial score (nSPS) is 28.1. The van der Waals surface area contributed by atoms with Crippen LogP contribution in [0.15, 0.2) is 0 Å². The Kier molecular flexibility index (Phi) is 4.33. The maximum atomic E-state index is 13.3. The quantitative estimate of drug-likeness (QED) is 0.788. The van der Waals surface area contributed by atoms with Crippen LogP contribution >= 0.6 is 12.2 Å². The van der Waals surface area contributed by atoms with E-state index < -0.39 is 5.54 Å². The molecular formula is C17H32N2OS. The number of thiocarbonyl (C=S) groups is 1. The number of nitrogens with one attached hydrogen (secondary N) is 1. The van der Waals surface area contributed by atoms with E-state index in [9.17, 15) is 4.79 Å². The monoisotopic (exact) mass is 312 g/mol. The van der Waals surface area contributed by atoms with Gasteiger partial charge in [0, 0.05) is 22.4 Å². The van der Waals surface area contributed by atoms with Gasteiger partial charge < -0.3 is 10.2 Å². The van der Waals surface area contributed by atoms with Crippen molar-refractivity contribution >= 4 is 23.1 Å². The lowest BCUT2D eigenvalue weighted by Gasteiger charge is -2.48. The number of hydrogen-bond acceptors (Lipinski definition) is 2. The van der Waals surface area contributed by atoms with Crippen LogP contribution in [0.5, 0.6) is 0 Å². The first kappa shape index (κ1) is 18.4. The van der Waals surface area contributed by atoms with Crippen molar-refractivity contribution in [3.8, 4) is 0 Å². The second kappa shape index (κ2) is 4.94. The van der Waals surface area contributed by atoms with Crippen molar-refractivity contribution in [3.05, 3.63) is 0 Å². The zero-order chi connectivity index (χ0) is 17.0. The van der Waals surface area contributed by atoms with E-state index in [1.807, 2.05) is 11.8 Å². The fourth-order valence-electron chi connectivity index (χ4n) is 3.38. The van der Waals surface area contributed by atoms with Crippen LogP contribution in [0.25, 0.3) is 0 Å². The summed E-state index contributed by atoms with van der Waals surface area (Å²) in [5.41, 5.74) is -1.44. The van der Waals surface area contributed by atoms with E-state index in [4.69, 9.17) is 12.2 Å². The van der Waals surface area contributed by atoms with E-state index >= 15 is 0 Å². The van der Waals surface area contributed by atoms with Gasteiger partial charge in [0.1, 0.15) is 5.54 Å². The van der Waals surface area contributed by atoms with Crippen molar-refractivity contribution in [1.82, 2.24) is 10.2 Å². The van der Waals surface area contributed by atoms with Gasteiger partial charge in [-0.2, -0.15) is 0 Å². The molecule has 1 amide bonds. The number of carbonyl (C=O) groups is 1. The summed E-state index contributed by atoms with van der Waals surface area (Å²) in [6.45, 7) is 21.0. The summed E-state index contributed by atoms with van der Waals surface area (Å²) in [4.78, 5) is 16.0. The van der Waals surface area contributed by atoms with Crippen LogP contribution in [0.1, 0.15) is 69.2 Å². The molecule has 1 unspecified atom stereocenters. The molecule has 0 radical (unpaired) electrons. The molecule has 1 N–H and O–H groups in total. The van der Waals surface area contributed by atoms with Gasteiger partial charge in [-0.3, -0.25) is 4.79 Å². The van der Waals surface area contributed by atoms with E-state index in [-0.39, 0.29) is 28.3 Å². The maximum absolute atomic E-state index is 13.3. The summed E-state index contributed by atoms with van der Waals surface area (Å²) < 4.78 is 0. The Morgan fingerprint density at radius 2 is 1.57 bits per heavy atom. The molecule has 1 aliphatic heterocycles. The van der Waals surface area contributed by atoms with E-state index in [0.717, 1.165) is 4.99 Å². The van der Waals surface area contributed by atoms with Gasteiger partial charge in [0.15, 0.2) is 0 Å². The zero-order valence-electron chi connectivity index (χ0n) is 15.3. The summed E-state index contributed by atoms with van der Waals surface area (Å²) in [6.07, 6.45) is 0. The summed E-state index contributed by atoms with van der Waals surface area (Å²) in [5.74, 6) is 0.361. The van der Waals surface area contributed by atoms with Crippen LogP contribution in [-0.4, -0.2) is 32.4 Å². The predicted octanol–water partition coefficient (Wildman–Crippen LogP) is 3.76. The summed E-state index contributed by atoms with van der Waals surface area (Å²) in [6, 6.07) is 0. The molecule has 1 fully saturated rings. The maximum Gasteiger partial charge on any atom is 0.249 e. The van der Waals surface area contributed by atoms with E-state index in [2.05, 4.69) is 67.6 Å². The van der Waals surface area contributed by atoms with Gasteiger partial charge in [-0.15, -0.1) is 0 Å². The Morgan fingerprint density at radius 1 is 1.14 bits per heavy atom. The van der Waals surface area contributed by atoms with Crippen molar-refractivity contribution in [3.63, 3.8) is 0 Å². The lowest BCUT2D eigenvalue weighted by atomic mass is 9.65. The Labute approximate surface area is 135 Å². The third kappa shape index (κ3) is 2.49. The molecule has 0 spiro atoms. The molecule has 122 valence electrons. The van der Waals surface area contributed by atoms with Gasteiger partial charge >= 0.3 is 0 Å². The first-order valence-electron chi connectivity index (χ1n) is 7.77. The average Bonchev–Trinajstić information content (AvgIpc) is 2.34. The fourth-order valence-corrected chi connectivity index (χ4v) is 3.58. The molecule has 0 aromatic carbocycles. The first-order chi connectivity index (χ1) is 9.10. The predicted molar refractivity (Wildman–Crippen MR) is 93.4 cm³/mol. The van der Waals surface area contributed by atoms with Gasteiger partial charge in [0.2, 0.25) is 5.91 Å². The molecule has 1 atom stereocenters. The van der Waals surface area contributed by atoms with E-state index in [1.165, 1.54) is 0 Å². The SMILES string of the molecule is CC(C)C(=S)NC1(C)C(=O)N(C(C)(C)C)C(C)(C)C1(C)C. The van der Waals surface area contributed by atoms with Crippen LogP contribution in [-0.2, 0) is 4.79 Å². The van der Waals surface area contributed by atoms with Gasteiger partial charge in [-0.1, -0.05) is 39.9 Å². The Balaban J connectivity index is 3.41. The van der Waals surface area contributed by atoms with Crippen molar-refractivity contribution in [1.29, 1.82) is 0 Å². The zero-order valence-corrected chi connectivity index (χ0v) is 16.2. The molecule has 0 bridgehead atoms. The lowest BCUT2D eigenvalue weighted by molar-refractivity contribution is -0.139. The highest BCUT2D eigenvalue weighted by molar-refractivity contribution is 7.80. The molecule has 21 heavy (non-hydrogen) atoms. The number of hydrogen-bond donors (Lipinski definition) is 1. The van der Waals surface area contributed by atoms with Gasteiger partial charge in [-0.05, 0) is 41.5 Å². The molecule has 0 aliphatic carbocycles. The van der Waals surface area contributed by atoms with Gasteiger partial charge in [0.05, 0.1) is 4.99 Å². The fraction of sp³-hybridized carbons (Fsp3) is 0.882. The largest absolute Gasteiger partial charge is 0.365 e. The molecule has 0 saturated carbocycles. The third-order valence-electron chi connectivity index (χ3n) is 5.54. The number of carbonyl (C=O) groups excluding carboxylic acids is 1. The average molecular weight is 313 g/mol. The minimum atomic E-state index is -0.689. The minimum absolute atomic E-state index is 0.132. The summed E-state index contributed by atoms with van der Waals surface area (Å²) in [5, 5.41) is 3.39. The van der Waals surface area contributed by atoms with Crippen molar-refractivity contribution in [2.24, 2.45) is 11.3 Å². The van der Waals surface area contributed by atoms with Crippen LogP contribution in [0.3, 0.4) is 0 Å². The molecule has 1 rings (SSSR count). The van der Waals surface area contributed by atoms with Crippen molar-refractivity contribution in [2.45, 2.75) is 85.9 Å². The highest BCUT2D eigenvalue weighted by atomic mass is 32.1. The van der Waals surface area contributed by atoms with E-state index in [1.54, 1.807) is 0 Å². The molecule has 1 aliphatic rings. The number of likely N-dealkylation sites (tertiary alicyclic amines) is 1. The van der Waals surface area contributed by atoms with E-state index in [0.29, 0.717) is 0 Å². The van der Waals surface area contributed by atoms with Crippen LogP contribution in [0.4, 0.5) is 0 Å². The highest BCUT2D eigenvalue weighted by Gasteiger charge is 2.67. The Morgan fingerprint density at radius 3 is 1.86 bits per heavy atom. The molecule has 1 saturated heterocycles. The summed E-state index contributed by atoms with van der Waals surface area (Å²) >= 11 is 5.47. The first-order valence-corrected chi connectivity index (χ1v) is 8.18. The lowest BCUT2D eigenvalue weighted by Crippen LogP contribution is -2.60. The number of rotatable bonds is 2. The second-order valence-corrected chi connectivity index (χ2v) is 9.20. The number of amides is 1. The molecule has 1 heterocycles. The second-order valence-electron chi connectivity index (χ2n) is 8.76. The number of nitrogens with zero attached hydrogens (tertiary/aromatic N) is 1. The van der Waals surface area contributed by atoms with Crippen LogP contribution in [0.2, 0.25) is 0 Å². The smallest absolute Gasteiger partial charge is 0.249 e. The molecule has 4 heteroatoms. The van der Waals surface area contributed by atoms with Crippen molar-refractivity contribution < 1.29 is 4.79 Å². The molecule has 3 nitrogen and oxygen atoms in total. The Bertz CT molecular complexity index is 460. The van der Waals surface area contributed by atoms with Gasteiger partial charge in [-0.25, -0.2) is 0 Å². The van der Waals surface area contributed by atoms with Gasteiger partial charge in [0.25, 0.3) is 0 Å². The summed E-state index contributed by atoms with van der Waals surface area (Å²) in [7, 11) is 0.